The Kier molecular flexibility index (Phi) is 4.68. The molecule has 1 aromatic rings. The van der Waals surface area contributed by atoms with Crippen LogP contribution in [-0.4, -0.2) is 70.1 Å². The molecule has 0 aliphatic carbocycles. The summed E-state index contributed by atoms with van der Waals surface area (Å²) in [5.41, 5.74) is 0.0154. The van der Waals surface area contributed by atoms with E-state index >= 15 is 0 Å². The first-order valence-electron chi connectivity index (χ1n) is 8.00. The number of rotatable bonds is 6. The minimum atomic E-state index is -1.06. The normalized spacial score (nSPS) is 22.0. The van der Waals surface area contributed by atoms with E-state index in [-0.39, 0.29) is 38.0 Å². The molecular weight excluding hydrogens is 312 g/mol. The summed E-state index contributed by atoms with van der Waals surface area (Å²) in [6.45, 7) is 5.47. The van der Waals surface area contributed by atoms with Crippen LogP contribution >= 0.6 is 0 Å². The van der Waals surface area contributed by atoms with E-state index in [1.807, 2.05) is 6.20 Å². The van der Waals surface area contributed by atoms with E-state index in [9.17, 15) is 14.7 Å². The summed E-state index contributed by atoms with van der Waals surface area (Å²) in [7, 11) is 0. The van der Waals surface area contributed by atoms with Crippen molar-refractivity contribution in [1.82, 2.24) is 20.0 Å². The van der Waals surface area contributed by atoms with Crippen LogP contribution in [0, 0.1) is 0 Å². The summed E-state index contributed by atoms with van der Waals surface area (Å²) in [6, 6.07) is 0. The lowest BCUT2D eigenvalue weighted by molar-refractivity contribution is -0.150. The van der Waals surface area contributed by atoms with Gasteiger partial charge in [-0.1, -0.05) is 6.58 Å². The number of nitrogens with zero attached hydrogens (tertiary/aromatic N) is 3. The Morgan fingerprint density at radius 3 is 3.00 bits per heavy atom. The van der Waals surface area contributed by atoms with E-state index in [2.05, 4.69) is 17.0 Å². The van der Waals surface area contributed by atoms with Crippen molar-refractivity contribution in [3.8, 4) is 0 Å². The van der Waals surface area contributed by atoms with Crippen LogP contribution < -0.4 is 5.32 Å². The van der Waals surface area contributed by atoms with E-state index in [0.29, 0.717) is 12.5 Å². The summed E-state index contributed by atoms with van der Waals surface area (Å²) in [4.78, 5) is 24.8. The molecule has 0 radical (unpaired) electrons. The summed E-state index contributed by atoms with van der Waals surface area (Å²) in [6.07, 6.45) is 5.82. The molecule has 130 valence electrons. The summed E-state index contributed by atoms with van der Waals surface area (Å²) < 4.78 is 6.94. The SMILES string of the molecule is C=CC(=O)N1CC(O)(CNC(=O)Cn2cc(C3CCOC3)cn2)C1. The van der Waals surface area contributed by atoms with Gasteiger partial charge in [-0.2, -0.15) is 5.10 Å². The van der Waals surface area contributed by atoms with Gasteiger partial charge in [0.2, 0.25) is 11.8 Å². The standard InChI is InChI=1S/C16H22N4O4/c1-2-15(22)19-10-16(23,11-19)9-17-14(21)7-20-6-13(5-18-20)12-3-4-24-8-12/h2,5-6,12,23H,1,3-4,7-11H2,(H,17,21). The van der Waals surface area contributed by atoms with Crippen molar-refractivity contribution >= 4 is 11.8 Å². The number of carbonyl (C=O) groups excluding carboxylic acids is 2. The molecule has 8 heteroatoms. The van der Waals surface area contributed by atoms with Gasteiger partial charge in [-0.25, -0.2) is 0 Å². The monoisotopic (exact) mass is 334 g/mol. The second-order valence-corrected chi connectivity index (χ2v) is 6.43. The maximum atomic E-state index is 12.0. The zero-order valence-corrected chi connectivity index (χ0v) is 13.5. The molecule has 8 nitrogen and oxygen atoms in total. The molecule has 0 bridgehead atoms. The van der Waals surface area contributed by atoms with E-state index < -0.39 is 5.60 Å². The molecule has 2 aliphatic heterocycles. The molecule has 0 spiro atoms. The highest BCUT2D eigenvalue weighted by Gasteiger charge is 2.43. The highest BCUT2D eigenvalue weighted by molar-refractivity contribution is 5.88. The highest BCUT2D eigenvalue weighted by Crippen LogP contribution is 2.24. The maximum absolute atomic E-state index is 12.0. The summed E-state index contributed by atoms with van der Waals surface area (Å²) in [5, 5.41) is 17.1. The molecule has 1 atom stereocenters. The lowest BCUT2D eigenvalue weighted by Crippen LogP contribution is -2.67. The van der Waals surface area contributed by atoms with Crippen molar-refractivity contribution in [2.45, 2.75) is 24.5 Å². The molecule has 1 unspecified atom stereocenters. The third kappa shape index (κ3) is 3.65. The predicted molar refractivity (Wildman–Crippen MR) is 85.1 cm³/mol. The van der Waals surface area contributed by atoms with Crippen molar-refractivity contribution < 1.29 is 19.4 Å². The van der Waals surface area contributed by atoms with Crippen molar-refractivity contribution in [3.63, 3.8) is 0 Å². The zero-order valence-electron chi connectivity index (χ0n) is 13.5. The Morgan fingerprint density at radius 2 is 2.33 bits per heavy atom. The van der Waals surface area contributed by atoms with E-state index in [0.717, 1.165) is 18.6 Å². The maximum Gasteiger partial charge on any atom is 0.246 e. The molecule has 2 saturated heterocycles. The Bertz CT molecular complexity index is 630. The highest BCUT2D eigenvalue weighted by atomic mass is 16.5. The number of aromatic nitrogens is 2. The van der Waals surface area contributed by atoms with Crippen LogP contribution in [-0.2, 0) is 20.9 Å². The topological polar surface area (TPSA) is 96.7 Å². The minimum absolute atomic E-state index is 0.0962. The molecule has 1 aromatic heterocycles. The number of ether oxygens (including phenoxy) is 1. The smallest absolute Gasteiger partial charge is 0.246 e. The number of hydrogen-bond acceptors (Lipinski definition) is 5. The average molecular weight is 334 g/mol. The largest absolute Gasteiger partial charge is 0.384 e. The van der Waals surface area contributed by atoms with Gasteiger partial charge in [0.15, 0.2) is 0 Å². The molecule has 2 fully saturated rings. The van der Waals surface area contributed by atoms with Crippen LogP contribution in [0.15, 0.2) is 25.0 Å². The molecular formula is C16H22N4O4. The third-order valence-electron chi connectivity index (χ3n) is 4.43. The lowest BCUT2D eigenvalue weighted by Gasteiger charge is -2.46. The number of amides is 2. The third-order valence-corrected chi connectivity index (χ3v) is 4.43. The first-order valence-corrected chi connectivity index (χ1v) is 8.00. The molecule has 0 saturated carbocycles. The van der Waals surface area contributed by atoms with Gasteiger partial charge in [0.1, 0.15) is 12.1 Å². The number of carbonyl (C=O) groups is 2. The molecule has 0 aromatic carbocycles. The van der Waals surface area contributed by atoms with E-state index in [4.69, 9.17) is 4.74 Å². The molecule has 2 N–H and O–H groups in total. The Hall–Kier alpha value is -2.19. The second-order valence-electron chi connectivity index (χ2n) is 6.43. The Morgan fingerprint density at radius 1 is 1.54 bits per heavy atom. The first-order chi connectivity index (χ1) is 11.5. The number of β-amino-alcohol motifs (C(OH)–C–C–N with tert-alkyl or cyclic N) is 1. The molecule has 24 heavy (non-hydrogen) atoms. The van der Waals surface area contributed by atoms with E-state index in [1.165, 1.54) is 11.0 Å². The number of hydrogen-bond donors (Lipinski definition) is 2. The van der Waals surface area contributed by atoms with Crippen molar-refractivity contribution in [2.75, 3.05) is 32.8 Å². The fraction of sp³-hybridized carbons (Fsp3) is 0.562. The second kappa shape index (κ2) is 6.74. The van der Waals surface area contributed by atoms with Crippen LogP contribution in [0.25, 0.3) is 0 Å². The van der Waals surface area contributed by atoms with Crippen molar-refractivity contribution in [3.05, 3.63) is 30.6 Å². The zero-order chi connectivity index (χ0) is 17.2. The van der Waals surface area contributed by atoms with Crippen LogP contribution in [0.3, 0.4) is 0 Å². The number of likely N-dealkylation sites (tertiary alicyclic amines) is 1. The fourth-order valence-electron chi connectivity index (χ4n) is 3.00. The van der Waals surface area contributed by atoms with Gasteiger partial charge < -0.3 is 20.1 Å². The van der Waals surface area contributed by atoms with Gasteiger partial charge in [-0.05, 0) is 18.1 Å². The molecule has 3 rings (SSSR count). The van der Waals surface area contributed by atoms with Crippen LogP contribution in [0.1, 0.15) is 17.9 Å². The van der Waals surface area contributed by atoms with Crippen LogP contribution in [0.4, 0.5) is 0 Å². The van der Waals surface area contributed by atoms with Crippen LogP contribution in [0.2, 0.25) is 0 Å². The van der Waals surface area contributed by atoms with Gasteiger partial charge in [0, 0.05) is 25.3 Å². The van der Waals surface area contributed by atoms with Gasteiger partial charge in [-0.15, -0.1) is 0 Å². The minimum Gasteiger partial charge on any atom is -0.384 e. The molecule has 2 amide bonds. The van der Waals surface area contributed by atoms with Crippen LogP contribution in [0.5, 0.6) is 0 Å². The molecule has 3 heterocycles. The fourth-order valence-corrected chi connectivity index (χ4v) is 3.00. The van der Waals surface area contributed by atoms with Gasteiger partial charge in [-0.3, -0.25) is 14.3 Å². The van der Waals surface area contributed by atoms with Gasteiger partial charge in [0.25, 0.3) is 0 Å². The predicted octanol–water partition coefficient (Wildman–Crippen LogP) is -0.737. The number of nitrogens with one attached hydrogen (secondary N) is 1. The molecule has 2 aliphatic rings. The van der Waals surface area contributed by atoms with Gasteiger partial charge in [0.05, 0.1) is 25.9 Å². The average Bonchev–Trinajstić information content (AvgIpc) is 3.20. The number of aliphatic hydroxyl groups is 1. The van der Waals surface area contributed by atoms with Crippen molar-refractivity contribution in [1.29, 1.82) is 0 Å². The van der Waals surface area contributed by atoms with E-state index in [1.54, 1.807) is 10.9 Å². The Balaban J connectivity index is 1.43. The Labute approximate surface area is 140 Å². The first kappa shape index (κ1) is 16.7. The quantitative estimate of drug-likeness (QED) is 0.668. The summed E-state index contributed by atoms with van der Waals surface area (Å²) >= 11 is 0. The lowest BCUT2D eigenvalue weighted by atomic mass is 9.94. The van der Waals surface area contributed by atoms with Gasteiger partial charge >= 0.3 is 0 Å². The summed E-state index contributed by atoms with van der Waals surface area (Å²) in [5.74, 6) is -0.0916. The van der Waals surface area contributed by atoms with Crippen molar-refractivity contribution in [2.24, 2.45) is 0 Å².